The Hall–Kier alpha value is -2.63. The van der Waals surface area contributed by atoms with E-state index in [-0.39, 0.29) is 5.91 Å². The van der Waals surface area contributed by atoms with Crippen LogP contribution in [0.1, 0.15) is 35.3 Å². The van der Waals surface area contributed by atoms with E-state index in [1.54, 1.807) is 4.68 Å². The summed E-state index contributed by atoms with van der Waals surface area (Å²) < 4.78 is 1.70. The van der Waals surface area contributed by atoms with Crippen molar-refractivity contribution in [3.8, 4) is 5.69 Å². The van der Waals surface area contributed by atoms with Gasteiger partial charge in [-0.25, -0.2) is 9.48 Å². The molecule has 0 spiro atoms. The van der Waals surface area contributed by atoms with E-state index in [4.69, 9.17) is 0 Å². The standard InChI is InChI=1S/C17H19N3O3/c1-12-14(11-18-20(12)13-7-3-2-4-8-13)16(21)19-10-6-5-9-15(19)17(22)23/h2-4,7-8,11,15H,5-6,9-10H2,1H3,(H,22,23). The van der Waals surface area contributed by atoms with E-state index in [1.165, 1.54) is 11.1 Å². The maximum absolute atomic E-state index is 12.8. The van der Waals surface area contributed by atoms with Crippen LogP contribution >= 0.6 is 0 Å². The molecule has 0 aliphatic carbocycles. The summed E-state index contributed by atoms with van der Waals surface area (Å²) in [6.07, 6.45) is 3.70. The number of hydrogen-bond donors (Lipinski definition) is 1. The molecule has 1 aliphatic rings. The van der Waals surface area contributed by atoms with Crippen LogP contribution in [0.4, 0.5) is 0 Å². The van der Waals surface area contributed by atoms with E-state index in [0.717, 1.165) is 24.2 Å². The van der Waals surface area contributed by atoms with Gasteiger partial charge in [0.1, 0.15) is 6.04 Å². The monoisotopic (exact) mass is 313 g/mol. The maximum Gasteiger partial charge on any atom is 0.326 e. The predicted octanol–water partition coefficient (Wildman–Crippen LogP) is 2.26. The molecule has 3 rings (SSSR count). The van der Waals surface area contributed by atoms with Crippen LogP contribution in [0, 0.1) is 6.92 Å². The zero-order chi connectivity index (χ0) is 16.4. The number of likely N-dealkylation sites (tertiary alicyclic amines) is 1. The number of carboxylic acid groups (broad SMARTS) is 1. The largest absolute Gasteiger partial charge is 0.480 e. The Kier molecular flexibility index (Phi) is 4.14. The molecule has 6 heteroatoms. The van der Waals surface area contributed by atoms with Crippen molar-refractivity contribution in [2.75, 3.05) is 6.54 Å². The van der Waals surface area contributed by atoms with Gasteiger partial charge < -0.3 is 10.0 Å². The second-order valence-corrected chi connectivity index (χ2v) is 5.74. The molecule has 1 saturated heterocycles. The molecule has 1 unspecified atom stereocenters. The smallest absolute Gasteiger partial charge is 0.326 e. The molecule has 0 radical (unpaired) electrons. The quantitative estimate of drug-likeness (QED) is 0.943. The van der Waals surface area contributed by atoms with Gasteiger partial charge >= 0.3 is 5.97 Å². The highest BCUT2D eigenvalue weighted by molar-refractivity contribution is 5.97. The summed E-state index contributed by atoms with van der Waals surface area (Å²) in [5.41, 5.74) is 2.05. The Bertz CT molecular complexity index is 724. The number of nitrogens with zero attached hydrogens (tertiary/aromatic N) is 3. The maximum atomic E-state index is 12.8. The molecule has 23 heavy (non-hydrogen) atoms. The highest BCUT2D eigenvalue weighted by Gasteiger charge is 2.33. The van der Waals surface area contributed by atoms with E-state index in [9.17, 15) is 14.7 Å². The van der Waals surface area contributed by atoms with E-state index in [1.807, 2.05) is 37.3 Å². The van der Waals surface area contributed by atoms with Gasteiger partial charge in [0.15, 0.2) is 0 Å². The van der Waals surface area contributed by atoms with Gasteiger partial charge in [-0.05, 0) is 38.3 Å². The van der Waals surface area contributed by atoms with Crippen molar-refractivity contribution in [3.05, 3.63) is 47.8 Å². The second kappa shape index (κ2) is 6.24. The molecule has 1 aliphatic heterocycles. The van der Waals surface area contributed by atoms with Gasteiger partial charge in [0.25, 0.3) is 5.91 Å². The topological polar surface area (TPSA) is 75.4 Å². The first-order valence-electron chi connectivity index (χ1n) is 7.73. The summed E-state index contributed by atoms with van der Waals surface area (Å²) >= 11 is 0. The molecule has 1 aromatic heterocycles. The molecule has 1 amide bonds. The fourth-order valence-corrected chi connectivity index (χ4v) is 3.04. The van der Waals surface area contributed by atoms with Crippen LogP contribution in [0.3, 0.4) is 0 Å². The third kappa shape index (κ3) is 2.84. The number of amides is 1. The van der Waals surface area contributed by atoms with Crippen LogP contribution in [-0.4, -0.2) is 44.3 Å². The van der Waals surface area contributed by atoms with Crippen molar-refractivity contribution >= 4 is 11.9 Å². The van der Waals surface area contributed by atoms with Gasteiger partial charge in [0.2, 0.25) is 0 Å². The summed E-state index contributed by atoms with van der Waals surface area (Å²) in [5.74, 6) is -1.19. The molecule has 0 bridgehead atoms. The third-order valence-electron chi connectivity index (χ3n) is 4.29. The normalized spacial score (nSPS) is 18.0. The molecule has 2 aromatic rings. The molecular formula is C17H19N3O3. The lowest BCUT2D eigenvalue weighted by molar-refractivity contribution is -0.143. The van der Waals surface area contributed by atoms with E-state index in [0.29, 0.717) is 18.5 Å². The lowest BCUT2D eigenvalue weighted by Gasteiger charge is -2.32. The van der Waals surface area contributed by atoms with Crippen LogP contribution in [0.15, 0.2) is 36.5 Å². The van der Waals surface area contributed by atoms with Gasteiger partial charge in [-0.15, -0.1) is 0 Å². The Morgan fingerprint density at radius 3 is 2.65 bits per heavy atom. The minimum absolute atomic E-state index is 0.253. The number of carboxylic acids is 1. The zero-order valence-corrected chi connectivity index (χ0v) is 13.0. The summed E-state index contributed by atoms with van der Waals surface area (Å²) in [7, 11) is 0. The van der Waals surface area contributed by atoms with Gasteiger partial charge in [-0.2, -0.15) is 5.10 Å². The third-order valence-corrected chi connectivity index (χ3v) is 4.29. The van der Waals surface area contributed by atoms with Crippen LogP contribution in [-0.2, 0) is 4.79 Å². The molecular weight excluding hydrogens is 294 g/mol. The minimum Gasteiger partial charge on any atom is -0.480 e. The highest BCUT2D eigenvalue weighted by Crippen LogP contribution is 2.22. The second-order valence-electron chi connectivity index (χ2n) is 5.74. The Morgan fingerprint density at radius 1 is 1.22 bits per heavy atom. The summed E-state index contributed by atoms with van der Waals surface area (Å²) in [6, 6.07) is 8.81. The van der Waals surface area contributed by atoms with Crippen molar-refractivity contribution in [2.45, 2.75) is 32.2 Å². The van der Waals surface area contributed by atoms with Crippen molar-refractivity contribution in [1.29, 1.82) is 0 Å². The number of rotatable bonds is 3. The number of aromatic nitrogens is 2. The first-order chi connectivity index (χ1) is 11.1. The van der Waals surface area contributed by atoms with Crippen molar-refractivity contribution in [2.24, 2.45) is 0 Å². The Labute approximate surface area is 134 Å². The van der Waals surface area contributed by atoms with E-state index >= 15 is 0 Å². The average molecular weight is 313 g/mol. The first kappa shape index (κ1) is 15.3. The summed E-state index contributed by atoms with van der Waals surface area (Å²) in [4.78, 5) is 25.7. The molecule has 1 atom stereocenters. The van der Waals surface area contributed by atoms with E-state index < -0.39 is 12.0 Å². The summed E-state index contributed by atoms with van der Waals surface area (Å²) in [6.45, 7) is 2.30. The molecule has 1 aromatic carbocycles. The van der Waals surface area contributed by atoms with Gasteiger partial charge in [0, 0.05) is 6.54 Å². The number of aliphatic carboxylic acids is 1. The number of para-hydroxylation sites is 1. The number of hydrogen-bond acceptors (Lipinski definition) is 3. The lowest BCUT2D eigenvalue weighted by atomic mass is 10.0. The van der Waals surface area contributed by atoms with Crippen molar-refractivity contribution in [3.63, 3.8) is 0 Å². The van der Waals surface area contributed by atoms with E-state index in [2.05, 4.69) is 5.10 Å². The zero-order valence-electron chi connectivity index (χ0n) is 13.0. The predicted molar refractivity (Wildman–Crippen MR) is 84.6 cm³/mol. The molecule has 1 fully saturated rings. The van der Waals surface area contributed by atoms with Gasteiger partial charge in [-0.3, -0.25) is 4.79 Å². The first-order valence-corrected chi connectivity index (χ1v) is 7.73. The molecule has 120 valence electrons. The Balaban J connectivity index is 1.91. The van der Waals surface area contributed by atoms with Crippen LogP contribution in [0.2, 0.25) is 0 Å². The SMILES string of the molecule is Cc1c(C(=O)N2CCCCC2C(=O)O)cnn1-c1ccccc1. The van der Waals surface area contributed by atoms with Crippen LogP contribution < -0.4 is 0 Å². The van der Waals surface area contributed by atoms with Gasteiger partial charge in [0.05, 0.1) is 23.1 Å². The number of piperidine rings is 1. The fourth-order valence-electron chi connectivity index (χ4n) is 3.04. The van der Waals surface area contributed by atoms with Crippen LogP contribution in [0.5, 0.6) is 0 Å². The molecule has 0 saturated carbocycles. The van der Waals surface area contributed by atoms with Crippen molar-refractivity contribution < 1.29 is 14.7 Å². The molecule has 1 N–H and O–H groups in total. The van der Waals surface area contributed by atoms with Crippen molar-refractivity contribution in [1.82, 2.24) is 14.7 Å². The number of benzene rings is 1. The van der Waals surface area contributed by atoms with Gasteiger partial charge in [-0.1, -0.05) is 18.2 Å². The number of carbonyl (C=O) groups is 2. The highest BCUT2D eigenvalue weighted by atomic mass is 16.4. The fraction of sp³-hybridized carbons (Fsp3) is 0.353. The Morgan fingerprint density at radius 2 is 1.96 bits per heavy atom. The molecule has 2 heterocycles. The summed E-state index contributed by atoms with van der Waals surface area (Å²) in [5, 5.41) is 13.6. The average Bonchev–Trinajstić information content (AvgIpc) is 2.96. The van der Waals surface area contributed by atoms with Crippen LogP contribution in [0.25, 0.3) is 5.69 Å². The lowest BCUT2D eigenvalue weighted by Crippen LogP contribution is -2.48. The minimum atomic E-state index is -0.939. The number of carbonyl (C=O) groups excluding carboxylic acids is 1. The molecule has 6 nitrogen and oxygen atoms in total.